The van der Waals surface area contributed by atoms with Crippen LogP contribution in [0.1, 0.15) is 5.82 Å². The zero-order valence-electron chi connectivity index (χ0n) is 27.9. The Hall–Kier alpha value is -6.21. The number of fused-ring (bicyclic) bond motifs is 5. The van der Waals surface area contributed by atoms with Gasteiger partial charge < -0.3 is 9.88 Å². The summed E-state index contributed by atoms with van der Waals surface area (Å²) in [5, 5.41) is 6.61. The third-order valence-corrected chi connectivity index (χ3v) is 10.7. The predicted octanol–water partition coefficient (Wildman–Crippen LogP) is 12.6. The van der Waals surface area contributed by atoms with E-state index in [1.165, 1.54) is 15.7 Å². The molecule has 248 valence electrons. The van der Waals surface area contributed by atoms with Gasteiger partial charge in [-0.3, -0.25) is 0 Å². The summed E-state index contributed by atoms with van der Waals surface area (Å²) in [6, 6.07) is 46.2. The molecule has 3 heterocycles. The van der Waals surface area contributed by atoms with Crippen molar-refractivity contribution in [1.29, 1.82) is 0 Å². The number of hydrogen-bond donors (Lipinski definition) is 1. The third-order valence-electron chi connectivity index (χ3n) is 9.25. The van der Waals surface area contributed by atoms with Crippen molar-refractivity contribution in [2.24, 2.45) is 0 Å². The molecule has 0 atom stereocenters. The maximum atomic E-state index is 6.49. The number of para-hydroxylation sites is 2. The number of anilines is 2. The van der Waals surface area contributed by atoms with Gasteiger partial charge in [0.25, 0.3) is 0 Å². The molecule has 6 aromatic carbocycles. The van der Waals surface area contributed by atoms with Crippen LogP contribution in [-0.4, -0.2) is 19.5 Å². The molecule has 1 aliphatic rings. The lowest BCUT2D eigenvalue weighted by atomic mass is 10.0. The summed E-state index contributed by atoms with van der Waals surface area (Å²) >= 11 is 8.23. The van der Waals surface area contributed by atoms with E-state index in [-0.39, 0.29) is 0 Å². The van der Waals surface area contributed by atoms with E-state index in [4.69, 9.17) is 26.6 Å². The number of allylic oxidation sites excluding steroid dienone is 4. The lowest BCUT2D eigenvalue weighted by molar-refractivity contribution is 1.04. The SMILES string of the molecule is C=C/C=C(\C=C)c1nc(-c2ccccc2)nc(-c2cccc(-n3c4ccccc4c4cc(-c5ccc6c(c5)Sc5cccc(Cl)c5N6)ccc43)c2)n1. The minimum Gasteiger partial charge on any atom is -0.352 e. The Morgan fingerprint density at radius 1 is 0.635 bits per heavy atom. The van der Waals surface area contributed by atoms with Crippen molar-refractivity contribution < 1.29 is 0 Å². The molecule has 0 saturated heterocycles. The van der Waals surface area contributed by atoms with Crippen molar-refractivity contribution in [3.63, 3.8) is 0 Å². The van der Waals surface area contributed by atoms with Crippen LogP contribution < -0.4 is 5.32 Å². The Morgan fingerprint density at radius 2 is 1.37 bits per heavy atom. The molecule has 0 aliphatic carbocycles. The van der Waals surface area contributed by atoms with Crippen molar-refractivity contribution in [3.8, 4) is 39.6 Å². The Balaban J connectivity index is 1.15. The van der Waals surface area contributed by atoms with Crippen LogP contribution in [0.2, 0.25) is 5.02 Å². The molecule has 0 unspecified atom stereocenters. The van der Waals surface area contributed by atoms with Crippen molar-refractivity contribution in [3.05, 3.63) is 176 Å². The largest absolute Gasteiger partial charge is 0.352 e. The maximum absolute atomic E-state index is 6.49. The molecule has 1 aliphatic heterocycles. The van der Waals surface area contributed by atoms with Crippen molar-refractivity contribution in [2.45, 2.75) is 9.79 Å². The zero-order valence-corrected chi connectivity index (χ0v) is 29.5. The van der Waals surface area contributed by atoms with E-state index in [2.05, 4.69) is 108 Å². The van der Waals surface area contributed by atoms with Crippen LogP contribution in [0.25, 0.3) is 67.0 Å². The number of hydrogen-bond acceptors (Lipinski definition) is 5. The summed E-state index contributed by atoms with van der Waals surface area (Å²) in [6.07, 6.45) is 5.32. The van der Waals surface area contributed by atoms with E-state index in [9.17, 15) is 0 Å². The van der Waals surface area contributed by atoms with E-state index in [1.54, 1.807) is 23.9 Å². The highest BCUT2D eigenvalue weighted by Crippen LogP contribution is 2.48. The molecular formula is C45H30ClN5S. The van der Waals surface area contributed by atoms with Gasteiger partial charge in [-0.15, -0.1) is 0 Å². The molecule has 0 saturated carbocycles. The van der Waals surface area contributed by atoms with Crippen LogP contribution in [0.4, 0.5) is 11.4 Å². The van der Waals surface area contributed by atoms with Crippen LogP contribution >= 0.6 is 23.4 Å². The quantitative estimate of drug-likeness (QED) is 0.167. The number of nitrogens with one attached hydrogen (secondary N) is 1. The average molecular weight is 708 g/mol. The molecule has 0 amide bonds. The Kier molecular flexibility index (Phi) is 8.03. The van der Waals surface area contributed by atoms with E-state index >= 15 is 0 Å². The summed E-state index contributed by atoms with van der Waals surface area (Å²) in [4.78, 5) is 17.0. The maximum Gasteiger partial charge on any atom is 0.164 e. The highest BCUT2D eigenvalue weighted by atomic mass is 35.5. The smallest absolute Gasteiger partial charge is 0.164 e. The van der Waals surface area contributed by atoms with Gasteiger partial charge in [-0.1, -0.05) is 134 Å². The van der Waals surface area contributed by atoms with Crippen LogP contribution in [0.15, 0.2) is 175 Å². The molecule has 9 rings (SSSR count). The molecule has 0 fully saturated rings. The highest BCUT2D eigenvalue weighted by Gasteiger charge is 2.20. The van der Waals surface area contributed by atoms with Crippen LogP contribution in [0.3, 0.4) is 0 Å². The van der Waals surface area contributed by atoms with Crippen LogP contribution in [-0.2, 0) is 0 Å². The lowest BCUT2D eigenvalue weighted by Crippen LogP contribution is -2.03. The summed E-state index contributed by atoms with van der Waals surface area (Å²) in [5.74, 6) is 1.71. The second-order valence-electron chi connectivity index (χ2n) is 12.4. The number of nitrogens with zero attached hydrogens (tertiary/aromatic N) is 4. The Morgan fingerprint density at radius 3 is 2.21 bits per heavy atom. The first-order valence-corrected chi connectivity index (χ1v) is 18.1. The molecular weight excluding hydrogens is 678 g/mol. The lowest BCUT2D eigenvalue weighted by Gasteiger charge is -2.22. The van der Waals surface area contributed by atoms with E-state index in [0.29, 0.717) is 17.5 Å². The van der Waals surface area contributed by atoms with E-state index < -0.39 is 0 Å². The normalized spacial score (nSPS) is 12.3. The molecule has 7 heteroatoms. The minimum atomic E-state index is 0.540. The van der Waals surface area contributed by atoms with Gasteiger partial charge in [0.2, 0.25) is 0 Å². The monoisotopic (exact) mass is 707 g/mol. The highest BCUT2D eigenvalue weighted by molar-refractivity contribution is 7.99. The number of benzene rings is 6. The average Bonchev–Trinajstić information content (AvgIpc) is 3.53. The Labute approximate surface area is 310 Å². The van der Waals surface area contributed by atoms with Gasteiger partial charge in [0.15, 0.2) is 17.5 Å². The first-order chi connectivity index (χ1) is 25.6. The summed E-state index contributed by atoms with van der Waals surface area (Å²) < 4.78 is 2.32. The molecule has 0 spiro atoms. The van der Waals surface area contributed by atoms with Gasteiger partial charge in [0, 0.05) is 43.0 Å². The number of rotatable bonds is 7. The molecule has 0 bridgehead atoms. The fourth-order valence-electron chi connectivity index (χ4n) is 6.78. The topological polar surface area (TPSA) is 55.6 Å². The van der Waals surface area contributed by atoms with Gasteiger partial charge in [0.1, 0.15) is 0 Å². The fraction of sp³-hybridized carbons (Fsp3) is 0. The summed E-state index contributed by atoms with van der Waals surface area (Å²) in [5.41, 5.74) is 10.1. The molecule has 52 heavy (non-hydrogen) atoms. The number of aromatic nitrogens is 4. The summed E-state index contributed by atoms with van der Waals surface area (Å²) in [7, 11) is 0. The van der Waals surface area contributed by atoms with Gasteiger partial charge >= 0.3 is 0 Å². The van der Waals surface area contributed by atoms with Gasteiger partial charge in [-0.2, -0.15) is 0 Å². The Bertz CT molecular complexity index is 2750. The molecule has 0 radical (unpaired) electrons. The third kappa shape index (κ3) is 5.59. The fourth-order valence-corrected chi connectivity index (χ4v) is 8.12. The van der Waals surface area contributed by atoms with E-state index in [1.807, 2.05) is 54.6 Å². The van der Waals surface area contributed by atoms with Gasteiger partial charge in [-0.25, -0.2) is 15.0 Å². The van der Waals surface area contributed by atoms with E-state index in [0.717, 1.165) is 65.8 Å². The molecule has 1 N–H and O–H groups in total. The summed E-state index contributed by atoms with van der Waals surface area (Å²) in [6.45, 7) is 7.86. The molecule has 2 aromatic heterocycles. The van der Waals surface area contributed by atoms with Crippen molar-refractivity contribution in [2.75, 3.05) is 5.32 Å². The van der Waals surface area contributed by atoms with Gasteiger partial charge in [0.05, 0.1) is 27.4 Å². The number of halogens is 1. The minimum absolute atomic E-state index is 0.540. The second kappa shape index (κ2) is 13.2. The van der Waals surface area contributed by atoms with Crippen LogP contribution in [0.5, 0.6) is 0 Å². The second-order valence-corrected chi connectivity index (χ2v) is 13.9. The van der Waals surface area contributed by atoms with Gasteiger partial charge in [-0.05, 0) is 65.7 Å². The predicted molar refractivity (Wildman–Crippen MR) is 218 cm³/mol. The van der Waals surface area contributed by atoms with Crippen LogP contribution in [0, 0.1) is 0 Å². The zero-order chi connectivity index (χ0) is 35.2. The van der Waals surface area contributed by atoms with Crippen molar-refractivity contribution >= 4 is 62.1 Å². The standard InChI is InChI=1S/C45H30ClN5S/c1-3-12-28(4-2)43-48-44(29-13-6-5-7-14-29)50-45(49-43)32-15-10-16-33(25-32)51-38-19-9-8-17-34(38)35-26-30(22-24-39(35)51)31-21-23-37-41(27-31)52-40-20-11-18-36(46)42(40)47-37/h3-27,47H,1-2H2/b28-12+. The molecule has 5 nitrogen and oxygen atoms in total. The first-order valence-electron chi connectivity index (χ1n) is 16.9. The van der Waals surface area contributed by atoms with Crippen molar-refractivity contribution in [1.82, 2.24) is 19.5 Å². The molecule has 8 aromatic rings. The first kappa shape index (κ1) is 31.7.